The summed E-state index contributed by atoms with van der Waals surface area (Å²) >= 11 is 3.56. The first-order chi connectivity index (χ1) is 9.95. The van der Waals surface area contributed by atoms with Gasteiger partial charge in [0.05, 0.1) is 4.90 Å². The third-order valence-electron chi connectivity index (χ3n) is 3.32. The second kappa shape index (κ2) is 5.31. The largest absolute Gasteiger partial charge is 0.456 e. The number of hydrogen-bond acceptors (Lipinski definition) is 3. The topological polar surface area (TPSA) is 43.4 Å². The van der Waals surface area contributed by atoms with E-state index in [9.17, 15) is 8.42 Å². The lowest BCUT2D eigenvalue weighted by Crippen LogP contribution is -2.07. The number of ether oxygens (including phenoxy) is 1. The first-order valence-electron chi connectivity index (χ1n) is 6.40. The summed E-state index contributed by atoms with van der Waals surface area (Å²) in [6.07, 6.45) is 1.96. The van der Waals surface area contributed by atoms with Crippen molar-refractivity contribution in [3.63, 3.8) is 0 Å². The van der Waals surface area contributed by atoms with Gasteiger partial charge in [-0.15, -0.1) is 0 Å². The minimum Gasteiger partial charge on any atom is -0.456 e. The molecule has 0 spiro atoms. The molecule has 0 fully saturated rings. The molecule has 3 nitrogen and oxygen atoms in total. The molecule has 2 aromatic carbocycles. The maximum Gasteiger partial charge on any atom is 0.175 e. The fraction of sp³-hybridized carbons (Fsp3) is 0.125. The van der Waals surface area contributed by atoms with Crippen molar-refractivity contribution >= 4 is 31.5 Å². The Morgan fingerprint density at radius 2 is 1.71 bits per heavy atom. The predicted octanol–water partition coefficient (Wildman–Crippen LogP) is 3.79. The fourth-order valence-electron chi connectivity index (χ4n) is 2.23. The van der Waals surface area contributed by atoms with Gasteiger partial charge in [0.15, 0.2) is 9.84 Å². The zero-order valence-corrected chi connectivity index (χ0v) is 13.7. The van der Waals surface area contributed by atoms with Crippen molar-refractivity contribution in [2.24, 2.45) is 0 Å². The van der Waals surface area contributed by atoms with Gasteiger partial charge in [-0.25, -0.2) is 8.42 Å². The van der Waals surface area contributed by atoms with E-state index in [2.05, 4.69) is 15.9 Å². The van der Waals surface area contributed by atoms with Crippen molar-refractivity contribution in [1.82, 2.24) is 0 Å². The smallest absolute Gasteiger partial charge is 0.175 e. The zero-order chi connectivity index (χ0) is 15.0. The molecular formula is C16H13BrO3S. The van der Waals surface area contributed by atoms with Crippen molar-refractivity contribution < 1.29 is 13.2 Å². The van der Waals surface area contributed by atoms with E-state index in [0.717, 1.165) is 33.5 Å². The van der Waals surface area contributed by atoms with E-state index >= 15 is 0 Å². The third kappa shape index (κ3) is 2.89. The fourth-order valence-corrected chi connectivity index (χ4v) is 3.47. The Morgan fingerprint density at radius 3 is 2.38 bits per heavy atom. The second-order valence-corrected chi connectivity index (χ2v) is 7.89. The standard InChI is InChI=1S/C16H13BrO3S/c1-21(18,19)13-8-6-11(7-9-13)16-14(17)10-12-4-2-3-5-15(12)20-16/h2-9H,10H2,1H3. The molecule has 1 aliphatic heterocycles. The van der Waals surface area contributed by atoms with Gasteiger partial charge in [0, 0.05) is 22.7 Å². The number of fused-ring (bicyclic) bond motifs is 1. The van der Waals surface area contributed by atoms with E-state index in [0.29, 0.717) is 4.90 Å². The molecule has 1 aliphatic rings. The van der Waals surface area contributed by atoms with Gasteiger partial charge in [-0.3, -0.25) is 0 Å². The van der Waals surface area contributed by atoms with Crippen LogP contribution in [-0.2, 0) is 16.3 Å². The summed E-state index contributed by atoms with van der Waals surface area (Å²) in [6, 6.07) is 14.6. The summed E-state index contributed by atoms with van der Waals surface area (Å²) in [5.74, 6) is 1.57. The van der Waals surface area contributed by atoms with Gasteiger partial charge in [0.25, 0.3) is 0 Å². The van der Waals surface area contributed by atoms with Gasteiger partial charge < -0.3 is 4.74 Å². The molecule has 0 atom stereocenters. The monoisotopic (exact) mass is 364 g/mol. The minimum atomic E-state index is -3.18. The van der Waals surface area contributed by atoms with Crippen LogP contribution in [0.3, 0.4) is 0 Å². The molecule has 3 rings (SSSR count). The number of hydrogen-bond donors (Lipinski definition) is 0. The number of benzene rings is 2. The van der Waals surface area contributed by atoms with Crippen molar-refractivity contribution in [1.29, 1.82) is 0 Å². The highest BCUT2D eigenvalue weighted by atomic mass is 79.9. The van der Waals surface area contributed by atoms with E-state index in [-0.39, 0.29) is 0 Å². The first kappa shape index (κ1) is 14.4. The molecule has 0 saturated heterocycles. The van der Waals surface area contributed by atoms with Crippen molar-refractivity contribution in [2.75, 3.05) is 6.26 Å². The van der Waals surface area contributed by atoms with Crippen LogP contribution < -0.4 is 4.74 Å². The van der Waals surface area contributed by atoms with Crippen LogP contribution in [0.5, 0.6) is 5.75 Å². The number of sulfone groups is 1. The third-order valence-corrected chi connectivity index (χ3v) is 5.09. The van der Waals surface area contributed by atoms with Crippen molar-refractivity contribution in [3.05, 3.63) is 64.1 Å². The summed E-state index contributed by atoms with van der Waals surface area (Å²) in [6.45, 7) is 0. The van der Waals surface area contributed by atoms with Crippen LogP contribution in [0.4, 0.5) is 0 Å². The Hall–Kier alpha value is -1.59. The van der Waals surface area contributed by atoms with Gasteiger partial charge in [0.2, 0.25) is 0 Å². The van der Waals surface area contributed by atoms with Gasteiger partial charge in [-0.1, -0.05) is 34.1 Å². The quantitative estimate of drug-likeness (QED) is 0.813. The molecule has 0 amide bonds. The van der Waals surface area contributed by atoms with Crippen LogP contribution in [-0.4, -0.2) is 14.7 Å². The van der Waals surface area contributed by atoms with E-state index in [1.807, 2.05) is 24.3 Å². The Morgan fingerprint density at radius 1 is 1.05 bits per heavy atom. The molecular weight excluding hydrogens is 352 g/mol. The second-order valence-electron chi connectivity index (χ2n) is 4.92. The van der Waals surface area contributed by atoms with Gasteiger partial charge in [-0.2, -0.15) is 0 Å². The first-order valence-corrected chi connectivity index (χ1v) is 9.08. The number of para-hydroxylation sites is 1. The molecule has 0 N–H and O–H groups in total. The number of halogens is 1. The molecule has 0 radical (unpaired) electrons. The summed E-state index contributed by atoms with van der Waals surface area (Å²) < 4.78 is 29.9. The van der Waals surface area contributed by atoms with E-state index in [1.165, 1.54) is 6.26 Å². The lowest BCUT2D eigenvalue weighted by atomic mass is 10.1. The molecule has 1 heterocycles. The summed E-state index contributed by atoms with van der Waals surface area (Å²) in [4.78, 5) is 0.305. The summed E-state index contributed by atoms with van der Waals surface area (Å²) in [5, 5.41) is 0. The van der Waals surface area contributed by atoms with E-state index in [4.69, 9.17) is 4.74 Å². The molecule has 5 heteroatoms. The van der Waals surface area contributed by atoms with Crippen LogP contribution in [0.25, 0.3) is 5.76 Å². The molecule has 21 heavy (non-hydrogen) atoms. The van der Waals surface area contributed by atoms with Crippen LogP contribution in [0.1, 0.15) is 11.1 Å². The Labute approximate surface area is 132 Å². The average Bonchev–Trinajstić information content (AvgIpc) is 2.46. The maximum absolute atomic E-state index is 11.5. The lowest BCUT2D eigenvalue weighted by Gasteiger charge is -2.21. The van der Waals surface area contributed by atoms with E-state index in [1.54, 1.807) is 24.3 Å². The Kier molecular flexibility index (Phi) is 3.63. The predicted molar refractivity (Wildman–Crippen MR) is 86.2 cm³/mol. The molecule has 0 aliphatic carbocycles. The van der Waals surface area contributed by atoms with Crippen LogP contribution >= 0.6 is 15.9 Å². The Bertz CT molecular complexity index is 821. The molecule has 108 valence electrons. The zero-order valence-electron chi connectivity index (χ0n) is 11.3. The van der Waals surface area contributed by atoms with Gasteiger partial charge in [-0.05, 0) is 35.9 Å². The van der Waals surface area contributed by atoms with Gasteiger partial charge in [0.1, 0.15) is 11.5 Å². The molecule has 2 aromatic rings. The minimum absolute atomic E-state index is 0.305. The van der Waals surface area contributed by atoms with Crippen LogP contribution in [0.2, 0.25) is 0 Å². The highest BCUT2D eigenvalue weighted by molar-refractivity contribution is 9.11. The van der Waals surface area contributed by atoms with Crippen LogP contribution in [0.15, 0.2) is 57.9 Å². The van der Waals surface area contributed by atoms with Gasteiger partial charge >= 0.3 is 0 Å². The van der Waals surface area contributed by atoms with Crippen molar-refractivity contribution in [2.45, 2.75) is 11.3 Å². The molecule has 0 bridgehead atoms. The molecule has 0 aromatic heterocycles. The summed E-state index contributed by atoms with van der Waals surface area (Å²) in [5.41, 5.74) is 1.98. The molecule has 0 saturated carbocycles. The highest BCUT2D eigenvalue weighted by Crippen LogP contribution is 2.36. The average molecular weight is 365 g/mol. The summed E-state index contributed by atoms with van der Waals surface area (Å²) in [7, 11) is -3.18. The van der Waals surface area contributed by atoms with Crippen molar-refractivity contribution in [3.8, 4) is 5.75 Å². The van der Waals surface area contributed by atoms with E-state index < -0.39 is 9.84 Å². The van der Waals surface area contributed by atoms with Crippen LogP contribution in [0, 0.1) is 0 Å². The molecule has 0 unspecified atom stereocenters. The normalized spacial score (nSPS) is 14.6. The number of allylic oxidation sites excluding steroid dienone is 1. The number of rotatable bonds is 2. The maximum atomic E-state index is 11.5. The highest BCUT2D eigenvalue weighted by Gasteiger charge is 2.19. The lowest BCUT2D eigenvalue weighted by molar-refractivity contribution is 0.497. The Balaban J connectivity index is 1.98. The SMILES string of the molecule is CS(=O)(=O)c1ccc(C2=C(Br)Cc3ccccc3O2)cc1.